The van der Waals surface area contributed by atoms with Gasteiger partial charge in [-0.2, -0.15) is 5.26 Å². The zero-order valence-corrected chi connectivity index (χ0v) is 19.5. The lowest BCUT2D eigenvalue weighted by Gasteiger charge is -2.19. The molecule has 0 radical (unpaired) electrons. The minimum absolute atomic E-state index is 0.0703. The lowest BCUT2D eigenvalue weighted by atomic mass is 10.1. The Morgan fingerprint density at radius 3 is 2.66 bits per heavy atom. The van der Waals surface area contributed by atoms with Crippen molar-refractivity contribution in [3.63, 3.8) is 0 Å². The number of non-ortho nitro benzene ring substituents is 1. The Balaban J connectivity index is 1.68. The highest BCUT2D eigenvalue weighted by Crippen LogP contribution is 2.42. The first-order valence-corrected chi connectivity index (χ1v) is 11.5. The van der Waals surface area contributed by atoms with E-state index < -0.39 is 16.1 Å². The maximum absolute atomic E-state index is 13.5. The van der Waals surface area contributed by atoms with Crippen molar-refractivity contribution >= 4 is 35.0 Å². The Kier molecular flexibility index (Phi) is 6.98. The van der Waals surface area contributed by atoms with Crippen LogP contribution in [-0.2, 0) is 22.6 Å². The molecule has 4 rings (SSSR count). The minimum atomic E-state index is -0.672. The van der Waals surface area contributed by atoms with Gasteiger partial charge in [-0.3, -0.25) is 24.6 Å². The molecular formula is C25H20N4O5S. The number of nitrogens with one attached hydrogen (secondary N) is 1. The van der Waals surface area contributed by atoms with E-state index in [-0.39, 0.29) is 35.2 Å². The van der Waals surface area contributed by atoms with Gasteiger partial charge in [0, 0.05) is 17.8 Å². The standard InChI is InChI=1S/C25H20N4O5S/c1-16-7-9-18(10-8-16)28-24(31)22(13-17-4-2-5-19(12-17)29(32)33)35-25(28)21(14-26)23(30)27-15-20-6-3-11-34-20/h2-12,22H,13,15H2,1H3,(H,27,30)/b25-21-. The number of nitrogens with zero attached hydrogens (tertiary/aromatic N) is 3. The molecule has 1 unspecified atom stereocenters. The number of rotatable bonds is 7. The maximum Gasteiger partial charge on any atom is 0.269 e. The van der Waals surface area contributed by atoms with E-state index in [9.17, 15) is 25.0 Å². The van der Waals surface area contributed by atoms with Crippen LogP contribution in [0.2, 0.25) is 0 Å². The van der Waals surface area contributed by atoms with Crippen molar-refractivity contribution in [2.45, 2.75) is 25.1 Å². The molecule has 35 heavy (non-hydrogen) atoms. The van der Waals surface area contributed by atoms with Crippen LogP contribution < -0.4 is 10.2 Å². The number of carbonyl (C=O) groups excluding carboxylic acids is 2. The molecule has 0 saturated carbocycles. The largest absolute Gasteiger partial charge is 0.467 e. The van der Waals surface area contributed by atoms with Crippen molar-refractivity contribution < 1.29 is 18.9 Å². The van der Waals surface area contributed by atoms with E-state index >= 15 is 0 Å². The first-order valence-electron chi connectivity index (χ1n) is 10.6. The summed E-state index contributed by atoms with van der Waals surface area (Å²) in [6, 6.07) is 18.6. The molecule has 1 atom stereocenters. The number of nitro groups is 1. The van der Waals surface area contributed by atoms with Gasteiger partial charge in [0.15, 0.2) is 0 Å². The van der Waals surface area contributed by atoms with Gasteiger partial charge in [-0.15, -0.1) is 0 Å². The lowest BCUT2D eigenvalue weighted by molar-refractivity contribution is -0.384. The second kappa shape index (κ2) is 10.3. The average molecular weight is 489 g/mol. The number of hydrogen-bond donors (Lipinski definition) is 1. The number of aryl methyl sites for hydroxylation is 1. The topological polar surface area (TPSA) is 129 Å². The Bertz CT molecular complexity index is 1340. The van der Waals surface area contributed by atoms with Gasteiger partial charge in [0.25, 0.3) is 11.6 Å². The number of anilines is 1. The average Bonchev–Trinajstić information content (AvgIpc) is 3.48. The molecule has 2 amide bonds. The minimum Gasteiger partial charge on any atom is -0.467 e. The fraction of sp³-hybridized carbons (Fsp3) is 0.160. The first-order chi connectivity index (χ1) is 16.9. The van der Waals surface area contributed by atoms with E-state index in [0.29, 0.717) is 17.0 Å². The van der Waals surface area contributed by atoms with E-state index in [1.165, 1.54) is 23.3 Å². The van der Waals surface area contributed by atoms with E-state index in [4.69, 9.17) is 4.42 Å². The molecular weight excluding hydrogens is 468 g/mol. The second-order valence-electron chi connectivity index (χ2n) is 7.80. The van der Waals surface area contributed by atoms with Crippen LogP contribution in [0.15, 0.2) is 81.9 Å². The SMILES string of the molecule is Cc1ccc(N2C(=O)C(Cc3cccc([N+](=O)[O-])c3)S/C2=C(/C#N)C(=O)NCc2ccco2)cc1. The van der Waals surface area contributed by atoms with Crippen molar-refractivity contribution in [2.75, 3.05) is 4.90 Å². The molecule has 1 N–H and O–H groups in total. The summed E-state index contributed by atoms with van der Waals surface area (Å²) in [5.74, 6) is -0.422. The van der Waals surface area contributed by atoms with Gasteiger partial charge in [0.2, 0.25) is 5.91 Å². The zero-order chi connectivity index (χ0) is 24.9. The summed E-state index contributed by atoms with van der Waals surface area (Å²) < 4.78 is 5.22. The summed E-state index contributed by atoms with van der Waals surface area (Å²) in [7, 11) is 0. The highest BCUT2D eigenvalue weighted by Gasteiger charge is 2.41. The monoisotopic (exact) mass is 488 g/mol. The summed E-state index contributed by atoms with van der Waals surface area (Å²) in [6.45, 7) is 2.00. The van der Waals surface area contributed by atoms with Gasteiger partial charge in [-0.1, -0.05) is 41.6 Å². The molecule has 1 aliphatic heterocycles. The summed E-state index contributed by atoms with van der Waals surface area (Å²) in [5, 5.41) is 23.2. The quantitative estimate of drug-likeness (QED) is 0.228. The van der Waals surface area contributed by atoms with Crippen molar-refractivity contribution in [1.82, 2.24) is 5.32 Å². The molecule has 1 aromatic heterocycles. The molecule has 10 heteroatoms. The molecule has 0 spiro atoms. The first kappa shape index (κ1) is 23.8. The van der Waals surface area contributed by atoms with Gasteiger partial charge in [-0.05, 0) is 43.2 Å². The van der Waals surface area contributed by atoms with Crippen LogP contribution in [0.5, 0.6) is 0 Å². The molecule has 9 nitrogen and oxygen atoms in total. The number of nitro benzene ring substituents is 1. The van der Waals surface area contributed by atoms with Gasteiger partial charge >= 0.3 is 0 Å². The van der Waals surface area contributed by atoms with Gasteiger partial charge in [-0.25, -0.2) is 0 Å². The number of amides is 2. The van der Waals surface area contributed by atoms with Crippen molar-refractivity contribution in [3.05, 3.63) is 105 Å². The lowest BCUT2D eigenvalue weighted by Crippen LogP contribution is -2.32. The maximum atomic E-state index is 13.5. The molecule has 3 aromatic rings. The number of thioether (sulfide) groups is 1. The molecule has 2 aromatic carbocycles. The van der Waals surface area contributed by atoms with E-state index in [1.807, 2.05) is 25.1 Å². The molecule has 1 fully saturated rings. The van der Waals surface area contributed by atoms with Crippen LogP contribution in [0.1, 0.15) is 16.9 Å². The predicted octanol–water partition coefficient (Wildman–Crippen LogP) is 4.24. The Morgan fingerprint density at radius 1 is 1.23 bits per heavy atom. The summed E-state index contributed by atoms with van der Waals surface area (Å²) >= 11 is 1.10. The van der Waals surface area contributed by atoms with Crippen LogP contribution in [-0.4, -0.2) is 22.0 Å². The fourth-order valence-electron chi connectivity index (χ4n) is 3.60. The smallest absolute Gasteiger partial charge is 0.269 e. The Labute approximate surface area is 205 Å². The molecule has 2 heterocycles. The van der Waals surface area contributed by atoms with E-state index in [2.05, 4.69) is 5.32 Å². The number of carbonyl (C=O) groups is 2. The summed E-state index contributed by atoms with van der Waals surface area (Å²) in [4.78, 5) is 38.4. The number of benzene rings is 2. The van der Waals surface area contributed by atoms with Gasteiger partial charge in [0.1, 0.15) is 22.4 Å². The molecule has 1 aliphatic rings. The predicted molar refractivity (Wildman–Crippen MR) is 130 cm³/mol. The zero-order valence-electron chi connectivity index (χ0n) is 18.6. The Hall–Kier alpha value is -4.36. The highest BCUT2D eigenvalue weighted by molar-refractivity contribution is 8.05. The van der Waals surface area contributed by atoms with Crippen molar-refractivity contribution in [1.29, 1.82) is 5.26 Å². The fourth-order valence-corrected chi connectivity index (χ4v) is 4.90. The van der Waals surface area contributed by atoms with Crippen LogP contribution in [0.3, 0.4) is 0 Å². The van der Waals surface area contributed by atoms with Crippen LogP contribution in [0.25, 0.3) is 0 Å². The Morgan fingerprint density at radius 2 is 2.00 bits per heavy atom. The van der Waals surface area contributed by atoms with E-state index in [0.717, 1.165) is 17.3 Å². The number of nitriles is 1. The van der Waals surface area contributed by atoms with Crippen molar-refractivity contribution in [3.8, 4) is 6.07 Å². The second-order valence-corrected chi connectivity index (χ2v) is 8.99. The third-order valence-electron chi connectivity index (χ3n) is 5.34. The summed E-state index contributed by atoms with van der Waals surface area (Å²) in [5.41, 5.74) is 1.85. The number of hydrogen-bond acceptors (Lipinski definition) is 7. The third-order valence-corrected chi connectivity index (χ3v) is 6.61. The van der Waals surface area contributed by atoms with Crippen molar-refractivity contribution in [2.24, 2.45) is 0 Å². The normalized spacial score (nSPS) is 16.6. The van der Waals surface area contributed by atoms with Gasteiger partial charge < -0.3 is 9.73 Å². The van der Waals surface area contributed by atoms with Crippen LogP contribution >= 0.6 is 11.8 Å². The summed E-state index contributed by atoms with van der Waals surface area (Å²) in [6.07, 6.45) is 1.68. The third kappa shape index (κ3) is 5.26. The molecule has 0 aliphatic carbocycles. The van der Waals surface area contributed by atoms with Crippen LogP contribution in [0, 0.1) is 28.4 Å². The molecule has 176 valence electrons. The highest BCUT2D eigenvalue weighted by atomic mass is 32.2. The number of furan rings is 1. The van der Waals surface area contributed by atoms with E-state index in [1.54, 1.807) is 36.4 Å². The molecule has 1 saturated heterocycles. The molecule has 0 bridgehead atoms. The van der Waals surface area contributed by atoms with Crippen LogP contribution in [0.4, 0.5) is 11.4 Å². The van der Waals surface area contributed by atoms with Gasteiger partial charge in [0.05, 0.1) is 23.0 Å².